The lowest BCUT2D eigenvalue weighted by Gasteiger charge is -2.33. The van der Waals surface area contributed by atoms with Crippen LogP contribution in [0.1, 0.15) is 19.3 Å². The van der Waals surface area contributed by atoms with E-state index in [9.17, 15) is 14.4 Å². The number of hydrogen-bond donors (Lipinski definition) is 1. The lowest BCUT2D eigenvalue weighted by Crippen LogP contribution is -2.49. The second-order valence-electron chi connectivity index (χ2n) is 5.99. The van der Waals surface area contributed by atoms with Gasteiger partial charge in [0.1, 0.15) is 6.04 Å². The Bertz CT molecular complexity index is 616. The fourth-order valence-electron chi connectivity index (χ4n) is 3.20. The molecule has 3 atom stereocenters. The molecule has 1 N–H and O–H groups in total. The van der Waals surface area contributed by atoms with Crippen molar-refractivity contribution in [3.05, 3.63) is 30.3 Å². The number of para-hydroxylation sites is 1. The van der Waals surface area contributed by atoms with Crippen LogP contribution < -0.4 is 10.2 Å². The molecule has 122 valence electrons. The lowest BCUT2D eigenvalue weighted by atomic mass is 9.73. The molecular weight excluding hydrogens is 296 g/mol. The van der Waals surface area contributed by atoms with Gasteiger partial charge in [-0.2, -0.15) is 0 Å². The van der Waals surface area contributed by atoms with Crippen LogP contribution in [-0.4, -0.2) is 37.5 Å². The largest absolute Gasteiger partial charge is 0.469 e. The van der Waals surface area contributed by atoms with E-state index < -0.39 is 6.04 Å². The fourth-order valence-corrected chi connectivity index (χ4v) is 3.20. The molecule has 6 heteroatoms. The maximum atomic E-state index is 12.5. The number of methoxy groups -OCH3 is 1. The summed E-state index contributed by atoms with van der Waals surface area (Å²) in [5, 5.41) is 2.80. The normalized spacial score (nSPS) is 26.6. The summed E-state index contributed by atoms with van der Waals surface area (Å²) in [5.41, 5.74) is 0.838. The molecule has 1 saturated heterocycles. The summed E-state index contributed by atoms with van der Waals surface area (Å²) in [5.74, 6) is -1.42. The van der Waals surface area contributed by atoms with E-state index in [1.165, 1.54) is 7.11 Å². The Kier molecular flexibility index (Phi) is 4.32. The van der Waals surface area contributed by atoms with Crippen molar-refractivity contribution in [1.29, 1.82) is 0 Å². The summed E-state index contributed by atoms with van der Waals surface area (Å²) < 4.78 is 4.71. The van der Waals surface area contributed by atoms with Gasteiger partial charge in [0.2, 0.25) is 11.8 Å². The van der Waals surface area contributed by atoms with Gasteiger partial charge in [-0.05, 0) is 31.4 Å². The predicted octanol–water partition coefficient (Wildman–Crippen LogP) is 1.11. The number of hydrogen-bond acceptors (Lipinski definition) is 4. The van der Waals surface area contributed by atoms with Gasteiger partial charge in [-0.1, -0.05) is 18.2 Å². The van der Waals surface area contributed by atoms with Crippen molar-refractivity contribution in [2.24, 2.45) is 11.8 Å². The van der Waals surface area contributed by atoms with Crippen LogP contribution in [0.2, 0.25) is 0 Å². The molecule has 0 radical (unpaired) electrons. The fraction of sp³-hybridized carbons (Fsp3) is 0.471. The van der Waals surface area contributed by atoms with Crippen LogP contribution >= 0.6 is 0 Å². The van der Waals surface area contributed by atoms with Crippen molar-refractivity contribution in [3.63, 3.8) is 0 Å². The monoisotopic (exact) mass is 316 g/mol. The number of nitrogens with one attached hydrogen (secondary N) is 1. The molecule has 1 heterocycles. The number of benzene rings is 1. The second kappa shape index (κ2) is 6.40. The van der Waals surface area contributed by atoms with Crippen molar-refractivity contribution in [1.82, 2.24) is 5.32 Å². The van der Waals surface area contributed by atoms with E-state index in [4.69, 9.17) is 4.74 Å². The minimum atomic E-state index is -0.512. The molecule has 2 amide bonds. The number of esters is 1. The molecule has 1 saturated carbocycles. The third-order valence-electron chi connectivity index (χ3n) is 4.70. The molecule has 1 aromatic carbocycles. The number of carbonyl (C=O) groups excluding carboxylic acids is 3. The molecule has 0 spiro atoms. The minimum absolute atomic E-state index is 0.0986. The minimum Gasteiger partial charge on any atom is -0.469 e. The van der Waals surface area contributed by atoms with E-state index >= 15 is 0 Å². The van der Waals surface area contributed by atoms with E-state index in [0.717, 1.165) is 5.69 Å². The van der Waals surface area contributed by atoms with Gasteiger partial charge in [0, 0.05) is 12.2 Å². The molecule has 1 aliphatic heterocycles. The topological polar surface area (TPSA) is 75.7 Å². The summed E-state index contributed by atoms with van der Waals surface area (Å²) in [7, 11) is 1.33. The lowest BCUT2D eigenvalue weighted by molar-refractivity contribution is -0.156. The molecule has 23 heavy (non-hydrogen) atoms. The molecule has 0 aromatic heterocycles. The highest BCUT2D eigenvalue weighted by Gasteiger charge is 2.44. The number of amides is 2. The third kappa shape index (κ3) is 2.93. The summed E-state index contributed by atoms with van der Waals surface area (Å²) in [6, 6.07) is 8.89. The van der Waals surface area contributed by atoms with Crippen LogP contribution in [0.5, 0.6) is 0 Å². The molecule has 6 nitrogen and oxygen atoms in total. The average Bonchev–Trinajstić information content (AvgIpc) is 2.88. The zero-order chi connectivity index (χ0) is 16.4. The van der Waals surface area contributed by atoms with E-state index in [-0.39, 0.29) is 29.6 Å². The molecule has 1 aliphatic carbocycles. The summed E-state index contributed by atoms with van der Waals surface area (Å²) >= 11 is 0. The smallest absolute Gasteiger partial charge is 0.309 e. The van der Waals surface area contributed by atoms with Crippen LogP contribution in [0.4, 0.5) is 5.69 Å². The number of anilines is 1. The quantitative estimate of drug-likeness (QED) is 0.844. The Morgan fingerprint density at radius 2 is 1.83 bits per heavy atom. The predicted molar refractivity (Wildman–Crippen MR) is 83.6 cm³/mol. The number of ether oxygens (including phenoxy) is 1. The van der Waals surface area contributed by atoms with Crippen molar-refractivity contribution in [3.8, 4) is 0 Å². The van der Waals surface area contributed by atoms with Gasteiger partial charge in [-0.3, -0.25) is 14.4 Å². The highest BCUT2D eigenvalue weighted by molar-refractivity contribution is 6.01. The van der Waals surface area contributed by atoms with Gasteiger partial charge in [-0.15, -0.1) is 0 Å². The average molecular weight is 316 g/mol. The van der Waals surface area contributed by atoms with Crippen LogP contribution in [0.3, 0.4) is 0 Å². The van der Waals surface area contributed by atoms with Crippen LogP contribution in [0.15, 0.2) is 30.3 Å². The van der Waals surface area contributed by atoms with Crippen molar-refractivity contribution in [2.75, 3.05) is 18.6 Å². The number of rotatable bonds is 4. The van der Waals surface area contributed by atoms with Gasteiger partial charge in [-0.25, -0.2) is 0 Å². The van der Waals surface area contributed by atoms with Gasteiger partial charge in [0.05, 0.1) is 18.9 Å². The van der Waals surface area contributed by atoms with Crippen molar-refractivity contribution in [2.45, 2.75) is 25.3 Å². The number of nitrogens with zero attached hydrogens (tertiary/aromatic N) is 1. The Hall–Kier alpha value is -2.37. The first-order valence-corrected chi connectivity index (χ1v) is 7.86. The van der Waals surface area contributed by atoms with E-state index in [2.05, 4.69) is 5.32 Å². The zero-order valence-electron chi connectivity index (χ0n) is 13.0. The zero-order valence-corrected chi connectivity index (χ0v) is 13.0. The first kappa shape index (κ1) is 15.5. The Morgan fingerprint density at radius 3 is 2.43 bits per heavy atom. The van der Waals surface area contributed by atoms with Crippen LogP contribution in [0.25, 0.3) is 0 Å². The first-order chi connectivity index (χ1) is 11.1. The number of carbonyl (C=O) groups is 3. The van der Waals surface area contributed by atoms with E-state index in [0.29, 0.717) is 25.8 Å². The molecule has 2 aliphatic rings. The maximum Gasteiger partial charge on any atom is 0.309 e. The van der Waals surface area contributed by atoms with Crippen LogP contribution in [0, 0.1) is 11.8 Å². The first-order valence-electron chi connectivity index (χ1n) is 7.86. The molecule has 0 unspecified atom stereocenters. The van der Waals surface area contributed by atoms with Crippen molar-refractivity contribution < 1.29 is 19.1 Å². The highest BCUT2D eigenvalue weighted by Crippen LogP contribution is 2.35. The maximum absolute atomic E-state index is 12.5. The van der Waals surface area contributed by atoms with Crippen molar-refractivity contribution >= 4 is 23.5 Å². The molecule has 1 aromatic rings. The highest BCUT2D eigenvalue weighted by atomic mass is 16.5. The summed E-state index contributed by atoms with van der Waals surface area (Å²) in [6.45, 7) is 0.582. The SMILES string of the molecule is COC(=O)[C@@H]1CC[C@@H]1C(=O)N[C@H]1CCN(c2ccccc2)C1=O. The van der Waals surface area contributed by atoms with Gasteiger partial charge in [0.25, 0.3) is 0 Å². The summed E-state index contributed by atoms with van der Waals surface area (Å²) in [6.07, 6.45) is 1.91. The van der Waals surface area contributed by atoms with Crippen LogP contribution in [-0.2, 0) is 19.1 Å². The Balaban J connectivity index is 1.60. The van der Waals surface area contributed by atoms with Gasteiger partial charge < -0.3 is 15.0 Å². The molecule has 0 bridgehead atoms. The second-order valence-corrected chi connectivity index (χ2v) is 5.99. The van der Waals surface area contributed by atoms with Gasteiger partial charge in [0.15, 0.2) is 0 Å². The molecule has 2 fully saturated rings. The van der Waals surface area contributed by atoms with E-state index in [1.807, 2.05) is 30.3 Å². The molecule has 3 rings (SSSR count). The van der Waals surface area contributed by atoms with Gasteiger partial charge >= 0.3 is 5.97 Å². The summed E-state index contributed by atoms with van der Waals surface area (Å²) in [4.78, 5) is 38.0. The molecular formula is C17H20N2O4. The van der Waals surface area contributed by atoms with E-state index in [1.54, 1.807) is 4.90 Å². The standard InChI is InChI=1S/C17H20N2O4/c1-23-17(22)13-8-7-12(13)15(20)18-14-9-10-19(16(14)21)11-5-3-2-4-6-11/h2-6,12-14H,7-10H2,1H3,(H,18,20)/t12-,13+,14-/m0/s1. The Labute approximate surface area is 134 Å². The Morgan fingerprint density at radius 1 is 1.13 bits per heavy atom. The third-order valence-corrected chi connectivity index (χ3v) is 4.70.